The summed E-state index contributed by atoms with van der Waals surface area (Å²) in [6.45, 7) is 4.21. The Morgan fingerprint density at radius 3 is 2.35 bits per heavy atom. The quantitative estimate of drug-likeness (QED) is 0.445. The van der Waals surface area contributed by atoms with E-state index in [1.807, 2.05) is 38.1 Å². The van der Waals surface area contributed by atoms with Gasteiger partial charge in [-0.1, -0.05) is 56.7 Å². The lowest BCUT2D eigenvalue weighted by Gasteiger charge is -2.42. The summed E-state index contributed by atoms with van der Waals surface area (Å²) in [6, 6.07) is 7.09. The van der Waals surface area contributed by atoms with Crippen LogP contribution in [0.1, 0.15) is 83.6 Å². The molecule has 0 radical (unpaired) electrons. The molecule has 8 nitrogen and oxygen atoms in total. The van der Waals surface area contributed by atoms with E-state index < -0.39 is 17.7 Å². The first-order valence-electron chi connectivity index (χ1n) is 12.8. The van der Waals surface area contributed by atoms with Gasteiger partial charge in [-0.25, -0.2) is 9.59 Å². The number of hydrogen-bond donors (Lipinski definition) is 2. The van der Waals surface area contributed by atoms with Crippen molar-refractivity contribution in [3.63, 3.8) is 0 Å². The van der Waals surface area contributed by atoms with Crippen LogP contribution in [0.2, 0.25) is 0 Å². The van der Waals surface area contributed by atoms with Crippen LogP contribution in [-0.2, 0) is 6.54 Å². The minimum absolute atomic E-state index is 0.00493. The zero-order valence-electron chi connectivity index (χ0n) is 20.8. The molecule has 3 fully saturated rings. The Hall–Kier alpha value is -2.48. The number of hydroxylamine groups is 2. The molecule has 2 saturated carbocycles. The van der Waals surface area contributed by atoms with Crippen molar-refractivity contribution in [1.82, 2.24) is 20.2 Å². The van der Waals surface area contributed by atoms with E-state index in [1.54, 1.807) is 16.9 Å². The zero-order chi connectivity index (χ0) is 24.3. The van der Waals surface area contributed by atoms with Crippen molar-refractivity contribution in [2.24, 2.45) is 0 Å². The van der Waals surface area contributed by atoms with Crippen LogP contribution in [-0.4, -0.2) is 63.0 Å². The minimum atomic E-state index is -0.811. The number of urea groups is 2. The van der Waals surface area contributed by atoms with Crippen LogP contribution in [0.25, 0.3) is 0 Å². The summed E-state index contributed by atoms with van der Waals surface area (Å²) in [4.78, 5) is 30.6. The fraction of sp³-hybridized carbons (Fsp3) is 0.692. The van der Waals surface area contributed by atoms with Gasteiger partial charge >= 0.3 is 12.1 Å². The second-order valence-corrected chi connectivity index (χ2v) is 10.5. The maximum absolute atomic E-state index is 13.9. The van der Waals surface area contributed by atoms with Gasteiger partial charge in [0.15, 0.2) is 6.17 Å². The van der Waals surface area contributed by atoms with Gasteiger partial charge in [-0.2, -0.15) is 5.06 Å². The Balaban J connectivity index is 1.62. The van der Waals surface area contributed by atoms with Gasteiger partial charge < -0.3 is 15.0 Å². The van der Waals surface area contributed by atoms with Crippen molar-refractivity contribution in [2.75, 3.05) is 7.11 Å². The van der Waals surface area contributed by atoms with Gasteiger partial charge in [0.05, 0.1) is 19.2 Å². The van der Waals surface area contributed by atoms with Crippen LogP contribution in [0.3, 0.4) is 0 Å². The van der Waals surface area contributed by atoms with Gasteiger partial charge in [0.1, 0.15) is 5.75 Å². The van der Waals surface area contributed by atoms with Gasteiger partial charge in [0, 0.05) is 17.6 Å². The SMILES string of the molecule is COc1ccccc1CN1C(=O)N(C2CCCCC2)[C@@H](N(O)C(=O)NC2CCCCC2)C1(C)C. The van der Waals surface area contributed by atoms with Gasteiger partial charge in [-0.3, -0.25) is 10.1 Å². The van der Waals surface area contributed by atoms with E-state index in [-0.39, 0.29) is 18.1 Å². The summed E-state index contributed by atoms with van der Waals surface area (Å²) >= 11 is 0. The number of rotatable bonds is 6. The molecule has 0 bridgehead atoms. The first kappa shape index (κ1) is 24.6. The Labute approximate surface area is 203 Å². The number of nitrogens with one attached hydrogen (secondary N) is 1. The van der Waals surface area contributed by atoms with Gasteiger partial charge in [-0.15, -0.1) is 0 Å². The van der Waals surface area contributed by atoms with Crippen molar-refractivity contribution >= 4 is 12.1 Å². The third kappa shape index (κ3) is 4.83. The number of benzene rings is 1. The second-order valence-electron chi connectivity index (χ2n) is 10.5. The average Bonchev–Trinajstić information content (AvgIpc) is 3.05. The van der Waals surface area contributed by atoms with Crippen molar-refractivity contribution in [3.05, 3.63) is 29.8 Å². The number of para-hydroxylation sites is 1. The standard InChI is InChI=1S/C26H40N4O4/c1-26(2)23(30(33)24(31)27-20-13-6-4-7-14-20)29(21-15-8-5-9-16-21)25(32)28(26)18-19-12-10-11-17-22(19)34-3/h10-12,17,20-21,23,33H,4-9,13-16,18H2,1-3H3,(H,27,31)/t23-/m0/s1. The molecule has 34 heavy (non-hydrogen) atoms. The fourth-order valence-corrected chi connectivity index (χ4v) is 5.98. The number of amides is 4. The average molecular weight is 473 g/mol. The van der Waals surface area contributed by atoms with E-state index >= 15 is 0 Å². The zero-order valence-corrected chi connectivity index (χ0v) is 20.8. The largest absolute Gasteiger partial charge is 0.496 e. The van der Waals surface area contributed by atoms with Gasteiger partial charge in [-0.05, 0) is 45.6 Å². The number of ether oxygens (including phenoxy) is 1. The van der Waals surface area contributed by atoms with Crippen molar-refractivity contribution in [1.29, 1.82) is 0 Å². The number of carbonyl (C=O) groups is 2. The molecule has 1 atom stereocenters. The molecular weight excluding hydrogens is 432 g/mol. The molecule has 4 rings (SSSR count). The molecule has 1 aliphatic heterocycles. The minimum Gasteiger partial charge on any atom is -0.496 e. The molecule has 1 saturated heterocycles. The Morgan fingerprint density at radius 1 is 1.09 bits per heavy atom. The molecule has 2 N–H and O–H groups in total. The highest BCUT2D eigenvalue weighted by Crippen LogP contribution is 2.40. The lowest BCUT2D eigenvalue weighted by Crippen LogP contribution is -2.61. The monoisotopic (exact) mass is 472 g/mol. The highest BCUT2D eigenvalue weighted by Gasteiger charge is 2.57. The van der Waals surface area contributed by atoms with E-state index in [0.29, 0.717) is 6.54 Å². The first-order chi connectivity index (χ1) is 16.3. The predicted octanol–water partition coefficient (Wildman–Crippen LogP) is 5.10. The maximum Gasteiger partial charge on any atom is 0.343 e. The lowest BCUT2D eigenvalue weighted by molar-refractivity contribution is -0.141. The highest BCUT2D eigenvalue weighted by molar-refractivity contribution is 5.81. The Kier molecular flexibility index (Phi) is 7.55. The van der Waals surface area contributed by atoms with Crippen molar-refractivity contribution in [2.45, 2.75) is 108 Å². The molecule has 3 aliphatic rings. The molecule has 1 aromatic rings. The van der Waals surface area contributed by atoms with Crippen molar-refractivity contribution in [3.8, 4) is 5.75 Å². The van der Waals surface area contributed by atoms with E-state index in [1.165, 1.54) is 6.42 Å². The summed E-state index contributed by atoms with van der Waals surface area (Å²) in [5.41, 5.74) is 0.0837. The number of carbonyl (C=O) groups excluding carboxylic acids is 2. The van der Waals surface area contributed by atoms with E-state index in [4.69, 9.17) is 4.74 Å². The molecule has 0 aromatic heterocycles. The summed E-state index contributed by atoms with van der Waals surface area (Å²) in [7, 11) is 1.62. The van der Waals surface area contributed by atoms with Gasteiger partial charge in [0.2, 0.25) is 0 Å². The highest BCUT2D eigenvalue weighted by atomic mass is 16.5. The molecule has 0 spiro atoms. The van der Waals surface area contributed by atoms with Crippen LogP contribution in [0.5, 0.6) is 5.75 Å². The molecule has 2 aliphatic carbocycles. The summed E-state index contributed by atoms with van der Waals surface area (Å²) < 4.78 is 5.52. The van der Waals surface area contributed by atoms with E-state index in [2.05, 4.69) is 5.32 Å². The third-order valence-corrected chi connectivity index (χ3v) is 7.90. The summed E-state index contributed by atoms with van der Waals surface area (Å²) in [5.74, 6) is 0.717. The number of nitrogens with zero attached hydrogens (tertiary/aromatic N) is 3. The maximum atomic E-state index is 13.9. The molecule has 1 heterocycles. The normalized spacial score (nSPS) is 23.8. The second kappa shape index (κ2) is 10.4. The van der Waals surface area contributed by atoms with Crippen LogP contribution >= 0.6 is 0 Å². The fourth-order valence-electron chi connectivity index (χ4n) is 5.98. The van der Waals surface area contributed by atoms with Crippen LogP contribution in [0.4, 0.5) is 9.59 Å². The van der Waals surface area contributed by atoms with E-state index in [9.17, 15) is 14.8 Å². The molecule has 188 valence electrons. The Bertz CT molecular complexity index is 864. The van der Waals surface area contributed by atoms with Crippen LogP contribution < -0.4 is 10.1 Å². The van der Waals surface area contributed by atoms with Gasteiger partial charge in [0.25, 0.3) is 0 Å². The van der Waals surface area contributed by atoms with Crippen molar-refractivity contribution < 1.29 is 19.5 Å². The van der Waals surface area contributed by atoms with E-state index in [0.717, 1.165) is 74.2 Å². The summed E-state index contributed by atoms with van der Waals surface area (Å²) in [6.07, 6.45) is 9.48. The molecule has 0 unspecified atom stereocenters. The number of hydrogen-bond acceptors (Lipinski definition) is 4. The lowest BCUT2D eigenvalue weighted by atomic mass is 9.92. The van der Waals surface area contributed by atoms with Crippen LogP contribution in [0, 0.1) is 0 Å². The van der Waals surface area contributed by atoms with Crippen LogP contribution in [0.15, 0.2) is 24.3 Å². The summed E-state index contributed by atoms with van der Waals surface area (Å²) in [5, 5.41) is 15.1. The Morgan fingerprint density at radius 2 is 1.71 bits per heavy atom. The third-order valence-electron chi connectivity index (χ3n) is 7.90. The molecule has 1 aromatic carbocycles. The molecule has 4 amide bonds. The number of methoxy groups -OCH3 is 1. The molecule has 8 heteroatoms. The topological polar surface area (TPSA) is 85.3 Å². The predicted molar refractivity (Wildman–Crippen MR) is 130 cm³/mol. The smallest absolute Gasteiger partial charge is 0.343 e. The molecular formula is C26H40N4O4. The first-order valence-corrected chi connectivity index (χ1v) is 12.8.